The summed E-state index contributed by atoms with van der Waals surface area (Å²) in [7, 11) is 0. The zero-order valence-electron chi connectivity index (χ0n) is 26.7. The summed E-state index contributed by atoms with van der Waals surface area (Å²) >= 11 is 0. The van der Waals surface area contributed by atoms with Crippen molar-refractivity contribution in [1.29, 1.82) is 0 Å². The number of aryl methyl sites for hydroxylation is 1. The molecule has 1 nitrogen and oxygen atoms in total. The van der Waals surface area contributed by atoms with Gasteiger partial charge in [-0.2, -0.15) is 0 Å². The van der Waals surface area contributed by atoms with E-state index in [1.165, 1.54) is 82.0 Å². The molecule has 0 bridgehead atoms. The molecular formula is C47H32O. The van der Waals surface area contributed by atoms with Crippen LogP contribution < -0.4 is 4.74 Å². The first-order valence-corrected chi connectivity index (χ1v) is 16.8. The maximum Gasteiger partial charge on any atom is 0.132 e. The fourth-order valence-electron chi connectivity index (χ4n) is 8.31. The predicted molar refractivity (Wildman–Crippen MR) is 203 cm³/mol. The van der Waals surface area contributed by atoms with E-state index >= 15 is 0 Å². The lowest BCUT2D eigenvalue weighted by Crippen LogP contribution is -2.15. The lowest BCUT2D eigenvalue weighted by Gasteiger charge is -2.21. The molecule has 48 heavy (non-hydrogen) atoms. The summed E-state index contributed by atoms with van der Waals surface area (Å²) in [4.78, 5) is 0. The standard InChI is InChI=1S/C47H32O/c1-29-22-24-30(25-23-29)44-35-16-6-8-18-37(35)45(38-19-9-7-17-36(38)44)41-27-26-39(47-46(41)40-20-10-11-21-43(40)48-47)42-28-31-12-2-3-13-32(31)33-14-4-5-15-34(33)42/h2-28,40,43H,1H3. The smallest absolute Gasteiger partial charge is 0.132 e. The highest BCUT2D eigenvalue weighted by molar-refractivity contribution is 6.22. The highest BCUT2D eigenvalue weighted by Gasteiger charge is 2.37. The highest BCUT2D eigenvalue weighted by atomic mass is 16.5. The topological polar surface area (TPSA) is 9.23 Å². The molecule has 0 saturated carbocycles. The Balaban J connectivity index is 1.31. The van der Waals surface area contributed by atoms with Gasteiger partial charge >= 0.3 is 0 Å². The molecule has 1 aliphatic carbocycles. The lowest BCUT2D eigenvalue weighted by molar-refractivity contribution is 0.270. The van der Waals surface area contributed by atoms with Crippen LogP contribution in [-0.4, -0.2) is 6.10 Å². The Morgan fingerprint density at radius 2 is 1.02 bits per heavy atom. The molecule has 0 spiro atoms. The van der Waals surface area contributed by atoms with E-state index in [0.717, 1.165) is 11.3 Å². The van der Waals surface area contributed by atoms with E-state index in [2.05, 4.69) is 171 Å². The van der Waals surface area contributed by atoms with Gasteiger partial charge in [0, 0.05) is 17.0 Å². The molecule has 2 atom stereocenters. The summed E-state index contributed by atoms with van der Waals surface area (Å²) in [6.45, 7) is 2.15. The van der Waals surface area contributed by atoms with Crippen LogP contribution in [0, 0.1) is 6.92 Å². The third kappa shape index (κ3) is 3.98. The summed E-state index contributed by atoms with van der Waals surface area (Å²) < 4.78 is 7.01. The van der Waals surface area contributed by atoms with Crippen LogP contribution in [0.1, 0.15) is 17.0 Å². The number of fused-ring (bicyclic) bond motifs is 8. The van der Waals surface area contributed by atoms with Crippen molar-refractivity contribution in [3.05, 3.63) is 175 Å². The van der Waals surface area contributed by atoms with E-state index in [1.54, 1.807) is 0 Å². The summed E-state index contributed by atoms with van der Waals surface area (Å²) in [5.74, 6) is 1.12. The quantitative estimate of drug-likeness (QED) is 0.142. The maximum absolute atomic E-state index is 7.01. The number of hydrogen-bond donors (Lipinski definition) is 0. The second-order valence-electron chi connectivity index (χ2n) is 13.2. The van der Waals surface area contributed by atoms with Crippen LogP contribution in [0.4, 0.5) is 0 Å². The van der Waals surface area contributed by atoms with Gasteiger partial charge in [0.15, 0.2) is 0 Å². The molecule has 2 unspecified atom stereocenters. The van der Waals surface area contributed by atoms with E-state index in [-0.39, 0.29) is 12.0 Å². The van der Waals surface area contributed by atoms with Crippen molar-refractivity contribution in [2.24, 2.45) is 0 Å². The van der Waals surface area contributed by atoms with Crippen LogP contribution in [0.5, 0.6) is 5.75 Å². The Hall–Kier alpha value is -5.92. The summed E-state index contributed by atoms with van der Waals surface area (Å²) in [5.41, 5.74) is 9.95. The minimum atomic E-state index is -0.0408. The van der Waals surface area contributed by atoms with E-state index in [1.807, 2.05) is 0 Å². The van der Waals surface area contributed by atoms with Gasteiger partial charge < -0.3 is 4.74 Å². The van der Waals surface area contributed by atoms with Crippen molar-refractivity contribution < 1.29 is 4.74 Å². The molecule has 0 aromatic heterocycles. The van der Waals surface area contributed by atoms with Crippen molar-refractivity contribution in [2.75, 3.05) is 0 Å². The molecule has 0 N–H and O–H groups in total. The van der Waals surface area contributed by atoms with Gasteiger partial charge in [0.2, 0.25) is 0 Å². The van der Waals surface area contributed by atoms with Crippen LogP contribution in [-0.2, 0) is 0 Å². The Morgan fingerprint density at radius 1 is 0.458 bits per heavy atom. The van der Waals surface area contributed by atoms with Crippen LogP contribution in [0.15, 0.2) is 164 Å². The normalized spacial score (nSPS) is 16.4. The summed E-state index contributed by atoms with van der Waals surface area (Å²) in [6.07, 6.45) is 8.80. The molecule has 0 radical (unpaired) electrons. The molecule has 0 fully saturated rings. The van der Waals surface area contributed by atoms with Crippen LogP contribution in [0.25, 0.3) is 76.5 Å². The zero-order chi connectivity index (χ0) is 31.8. The molecule has 1 heteroatoms. The molecule has 1 heterocycles. The van der Waals surface area contributed by atoms with E-state index in [4.69, 9.17) is 4.74 Å². The average Bonchev–Trinajstić information content (AvgIpc) is 3.54. The summed E-state index contributed by atoms with van der Waals surface area (Å²) in [6, 6.07) is 51.4. The van der Waals surface area contributed by atoms with Gasteiger partial charge in [-0.1, -0.05) is 151 Å². The number of rotatable bonds is 3. The first-order chi connectivity index (χ1) is 23.7. The van der Waals surface area contributed by atoms with Crippen molar-refractivity contribution in [2.45, 2.75) is 18.9 Å². The monoisotopic (exact) mass is 612 g/mol. The fraction of sp³-hybridized carbons (Fsp3) is 0.0638. The van der Waals surface area contributed by atoms with Gasteiger partial charge in [0.05, 0.1) is 0 Å². The summed E-state index contributed by atoms with van der Waals surface area (Å²) in [5, 5.41) is 10.1. The van der Waals surface area contributed by atoms with Gasteiger partial charge in [-0.05, 0) is 96.0 Å². The average molecular weight is 613 g/mol. The highest BCUT2D eigenvalue weighted by Crippen LogP contribution is 2.54. The molecule has 1 aliphatic heterocycles. The minimum Gasteiger partial charge on any atom is -0.484 e. The Labute approximate surface area is 280 Å². The first kappa shape index (κ1) is 27.2. The molecule has 10 rings (SSSR count). The van der Waals surface area contributed by atoms with Crippen molar-refractivity contribution in [3.8, 4) is 39.1 Å². The van der Waals surface area contributed by atoms with Crippen molar-refractivity contribution in [3.63, 3.8) is 0 Å². The van der Waals surface area contributed by atoms with Crippen molar-refractivity contribution >= 4 is 43.1 Å². The molecule has 8 aromatic carbocycles. The molecular weight excluding hydrogens is 581 g/mol. The lowest BCUT2D eigenvalue weighted by atomic mass is 9.80. The largest absolute Gasteiger partial charge is 0.484 e. The van der Waals surface area contributed by atoms with Crippen LogP contribution in [0.2, 0.25) is 0 Å². The Kier molecular flexibility index (Phi) is 5.98. The van der Waals surface area contributed by atoms with Crippen LogP contribution in [0.3, 0.4) is 0 Å². The predicted octanol–water partition coefficient (Wildman–Crippen LogP) is 12.6. The second-order valence-corrected chi connectivity index (χ2v) is 13.2. The Morgan fingerprint density at radius 3 is 1.73 bits per heavy atom. The number of hydrogen-bond acceptors (Lipinski definition) is 1. The first-order valence-electron chi connectivity index (χ1n) is 16.8. The molecule has 0 saturated heterocycles. The Bertz CT molecular complexity index is 2600. The molecule has 2 aliphatic rings. The van der Waals surface area contributed by atoms with Crippen molar-refractivity contribution in [1.82, 2.24) is 0 Å². The van der Waals surface area contributed by atoms with Crippen LogP contribution >= 0.6 is 0 Å². The van der Waals surface area contributed by atoms with Gasteiger partial charge in [0.1, 0.15) is 11.9 Å². The van der Waals surface area contributed by atoms with E-state index in [9.17, 15) is 0 Å². The fourth-order valence-corrected chi connectivity index (χ4v) is 8.31. The van der Waals surface area contributed by atoms with Gasteiger partial charge in [0.25, 0.3) is 0 Å². The third-order valence-electron chi connectivity index (χ3n) is 10.5. The van der Waals surface area contributed by atoms with E-state index < -0.39 is 0 Å². The minimum absolute atomic E-state index is 0.0408. The van der Waals surface area contributed by atoms with Gasteiger partial charge in [-0.25, -0.2) is 0 Å². The molecule has 226 valence electrons. The zero-order valence-corrected chi connectivity index (χ0v) is 26.7. The van der Waals surface area contributed by atoms with Gasteiger partial charge in [-0.3, -0.25) is 0 Å². The molecule has 8 aromatic rings. The number of benzene rings is 8. The maximum atomic E-state index is 7.01. The SMILES string of the molecule is Cc1ccc(-c2c3ccccc3c(-c3ccc(-c4cc5ccccc5c5ccccc45)c4c3C3C=CC=CC3O4)c3ccccc23)cc1. The second kappa shape index (κ2) is 10.6. The van der Waals surface area contributed by atoms with E-state index in [0.29, 0.717) is 0 Å². The van der Waals surface area contributed by atoms with Gasteiger partial charge in [-0.15, -0.1) is 0 Å². The molecule has 0 amide bonds. The number of allylic oxidation sites excluding steroid dienone is 2. The number of ether oxygens (including phenoxy) is 1. The third-order valence-corrected chi connectivity index (χ3v) is 10.5.